The van der Waals surface area contributed by atoms with Crippen LogP contribution in [0.5, 0.6) is 0 Å². The smallest absolute Gasteiger partial charge is 0.331 e. The molecule has 4 nitrogen and oxygen atoms in total. The molecule has 1 N–H and O–H groups in total. The molecule has 4 heteroatoms. The van der Waals surface area contributed by atoms with Gasteiger partial charge in [0.1, 0.15) is 6.10 Å². The largest absolute Gasteiger partial charge is 0.478 e. The van der Waals surface area contributed by atoms with E-state index in [0.717, 1.165) is 31.4 Å². The van der Waals surface area contributed by atoms with Gasteiger partial charge in [0.25, 0.3) is 0 Å². The molecule has 0 radical (unpaired) electrons. The molecule has 0 aromatic carbocycles. The summed E-state index contributed by atoms with van der Waals surface area (Å²) in [5.41, 5.74) is 0. The highest BCUT2D eigenvalue weighted by Gasteiger charge is 2.15. The van der Waals surface area contributed by atoms with Gasteiger partial charge in [-0.25, -0.2) is 9.59 Å². The van der Waals surface area contributed by atoms with Gasteiger partial charge in [-0.3, -0.25) is 0 Å². The standard InChI is InChI=1S/C14H24O4/c1-10(2)5-6-12(9-11(3)4)18-14(17)8-7-13(15)16/h7-8,10-12H,5-6,9H2,1-4H3,(H,15,16). The summed E-state index contributed by atoms with van der Waals surface area (Å²) < 4.78 is 5.27. The number of rotatable bonds is 8. The molecule has 0 aliphatic heterocycles. The topological polar surface area (TPSA) is 63.6 Å². The molecule has 0 amide bonds. The van der Waals surface area contributed by atoms with E-state index in [1.165, 1.54) is 0 Å². The average Bonchev–Trinajstić information content (AvgIpc) is 2.22. The second-order valence-electron chi connectivity index (χ2n) is 5.33. The summed E-state index contributed by atoms with van der Waals surface area (Å²) in [6.07, 6.45) is 4.26. The monoisotopic (exact) mass is 256 g/mol. The molecule has 1 unspecified atom stereocenters. The second-order valence-corrected chi connectivity index (χ2v) is 5.33. The Morgan fingerprint density at radius 2 is 1.67 bits per heavy atom. The van der Waals surface area contributed by atoms with Gasteiger partial charge in [-0.05, 0) is 31.1 Å². The molecule has 18 heavy (non-hydrogen) atoms. The zero-order valence-corrected chi connectivity index (χ0v) is 11.7. The van der Waals surface area contributed by atoms with Crippen molar-refractivity contribution in [2.45, 2.75) is 53.1 Å². The lowest BCUT2D eigenvalue weighted by molar-refractivity contribution is -0.144. The van der Waals surface area contributed by atoms with Gasteiger partial charge in [0.05, 0.1) is 0 Å². The van der Waals surface area contributed by atoms with Crippen LogP contribution in [0, 0.1) is 11.8 Å². The average molecular weight is 256 g/mol. The van der Waals surface area contributed by atoms with Crippen LogP contribution in [-0.4, -0.2) is 23.1 Å². The maximum Gasteiger partial charge on any atom is 0.331 e. The van der Waals surface area contributed by atoms with Gasteiger partial charge < -0.3 is 9.84 Å². The molecule has 0 saturated heterocycles. The lowest BCUT2D eigenvalue weighted by Crippen LogP contribution is -2.20. The number of hydrogen-bond acceptors (Lipinski definition) is 3. The lowest BCUT2D eigenvalue weighted by atomic mass is 9.98. The van der Waals surface area contributed by atoms with Crippen LogP contribution in [0.4, 0.5) is 0 Å². The van der Waals surface area contributed by atoms with Crippen LogP contribution in [-0.2, 0) is 14.3 Å². The first kappa shape index (κ1) is 16.7. The minimum atomic E-state index is -1.14. The van der Waals surface area contributed by atoms with Gasteiger partial charge >= 0.3 is 11.9 Å². The van der Waals surface area contributed by atoms with Crippen LogP contribution in [0.2, 0.25) is 0 Å². The molecule has 0 rings (SSSR count). The highest BCUT2D eigenvalue weighted by Crippen LogP contribution is 2.17. The number of carbonyl (C=O) groups is 2. The Bertz CT molecular complexity index is 292. The quantitative estimate of drug-likeness (QED) is 0.535. The van der Waals surface area contributed by atoms with Gasteiger partial charge in [-0.2, -0.15) is 0 Å². The van der Waals surface area contributed by atoms with Gasteiger partial charge in [-0.1, -0.05) is 27.7 Å². The van der Waals surface area contributed by atoms with Crippen molar-refractivity contribution >= 4 is 11.9 Å². The third kappa shape index (κ3) is 9.87. The fourth-order valence-electron chi connectivity index (χ4n) is 1.61. The highest BCUT2D eigenvalue weighted by atomic mass is 16.5. The van der Waals surface area contributed by atoms with Crippen molar-refractivity contribution in [2.24, 2.45) is 11.8 Å². The van der Waals surface area contributed by atoms with Crippen molar-refractivity contribution in [1.29, 1.82) is 0 Å². The Hall–Kier alpha value is -1.32. The minimum Gasteiger partial charge on any atom is -0.478 e. The Labute approximate surface area is 109 Å². The SMILES string of the molecule is CC(C)CCC(CC(C)C)OC(=O)C=CC(=O)O. The van der Waals surface area contributed by atoms with Crippen LogP contribution >= 0.6 is 0 Å². The summed E-state index contributed by atoms with van der Waals surface area (Å²) in [5, 5.41) is 8.42. The molecular formula is C14H24O4. The Kier molecular flexibility index (Phi) is 8.08. The number of carbonyl (C=O) groups excluding carboxylic acids is 1. The number of hydrogen-bond donors (Lipinski definition) is 1. The predicted molar refractivity (Wildman–Crippen MR) is 70.2 cm³/mol. The van der Waals surface area contributed by atoms with E-state index in [1.54, 1.807) is 0 Å². The maximum absolute atomic E-state index is 11.4. The van der Waals surface area contributed by atoms with E-state index >= 15 is 0 Å². The van der Waals surface area contributed by atoms with E-state index in [0.29, 0.717) is 11.8 Å². The third-order valence-corrected chi connectivity index (χ3v) is 2.45. The molecule has 0 aromatic heterocycles. The molecule has 104 valence electrons. The molecule has 0 saturated carbocycles. The summed E-state index contributed by atoms with van der Waals surface area (Å²) in [5.74, 6) is -0.715. The van der Waals surface area contributed by atoms with Crippen molar-refractivity contribution in [3.05, 3.63) is 12.2 Å². The van der Waals surface area contributed by atoms with E-state index in [-0.39, 0.29) is 6.10 Å². The van der Waals surface area contributed by atoms with Crippen molar-refractivity contribution in [3.63, 3.8) is 0 Å². The van der Waals surface area contributed by atoms with E-state index in [1.807, 2.05) is 0 Å². The summed E-state index contributed by atoms with van der Waals surface area (Å²) in [6.45, 7) is 8.39. The van der Waals surface area contributed by atoms with E-state index < -0.39 is 11.9 Å². The summed E-state index contributed by atoms with van der Waals surface area (Å²) in [6, 6.07) is 0. The number of carboxylic acids is 1. The number of aliphatic carboxylic acids is 1. The first-order valence-electron chi connectivity index (χ1n) is 6.42. The predicted octanol–water partition coefficient (Wildman–Crippen LogP) is 3.02. The van der Waals surface area contributed by atoms with E-state index in [9.17, 15) is 9.59 Å². The molecule has 0 aliphatic rings. The zero-order chi connectivity index (χ0) is 14.1. The normalized spacial score (nSPS) is 13.2. The summed E-state index contributed by atoms with van der Waals surface area (Å²) >= 11 is 0. The van der Waals surface area contributed by atoms with Crippen molar-refractivity contribution in [1.82, 2.24) is 0 Å². The zero-order valence-electron chi connectivity index (χ0n) is 11.7. The first-order chi connectivity index (χ1) is 8.31. The van der Waals surface area contributed by atoms with Crippen molar-refractivity contribution in [2.75, 3.05) is 0 Å². The van der Waals surface area contributed by atoms with E-state index in [4.69, 9.17) is 9.84 Å². The highest BCUT2D eigenvalue weighted by molar-refractivity contribution is 5.90. The van der Waals surface area contributed by atoms with Crippen LogP contribution < -0.4 is 0 Å². The molecule has 0 aromatic rings. The van der Waals surface area contributed by atoms with Crippen LogP contribution in [0.15, 0.2) is 12.2 Å². The molecule has 0 bridgehead atoms. The van der Waals surface area contributed by atoms with Gasteiger partial charge in [0.2, 0.25) is 0 Å². The maximum atomic E-state index is 11.4. The molecule has 0 spiro atoms. The van der Waals surface area contributed by atoms with Crippen LogP contribution in [0.1, 0.15) is 47.0 Å². The number of esters is 1. The summed E-state index contributed by atoms with van der Waals surface area (Å²) in [4.78, 5) is 21.7. The first-order valence-corrected chi connectivity index (χ1v) is 6.42. The molecule has 0 heterocycles. The Morgan fingerprint density at radius 3 is 2.11 bits per heavy atom. The minimum absolute atomic E-state index is 0.127. The number of ether oxygens (including phenoxy) is 1. The second kappa shape index (κ2) is 8.72. The lowest BCUT2D eigenvalue weighted by Gasteiger charge is -2.19. The molecular weight excluding hydrogens is 232 g/mol. The van der Waals surface area contributed by atoms with E-state index in [2.05, 4.69) is 27.7 Å². The third-order valence-electron chi connectivity index (χ3n) is 2.45. The van der Waals surface area contributed by atoms with Gasteiger partial charge in [-0.15, -0.1) is 0 Å². The van der Waals surface area contributed by atoms with Crippen LogP contribution in [0.3, 0.4) is 0 Å². The number of carboxylic acid groups (broad SMARTS) is 1. The Balaban J connectivity index is 4.29. The summed E-state index contributed by atoms with van der Waals surface area (Å²) in [7, 11) is 0. The molecule has 0 fully saturated rings. The fourth-order valence-corrected chi connectivity index (χ4v) is 1.61. The van der Waals surface area contributed by atoms with Crippen molar-refractivity contribution in [3.8, 4) is 0 Å². The van der Waals surface area contributed by atoms with Gasteiger partial charge in [0.15, 0.2) is 0 Å². The Morgan fingerprint density at radius 1 is 1.06 bits per heavy atom. The van der Waals surface area contributed by atoms with Gasteiger partial charge in [0, 0.05) is 12.2 Å². The molecule has 1 atom stereocenters. The molecule has 0 aliphatic carbocycles. The van der Waals surface area contributed by atoms with Crippen LogP contribution in [0.25, 0.3) is 0 Å². The fraction of sp³-hybridized carbons (Fsp3) is 0.714. The van der Waals surface area contributed by atoms with Crippen molar-refractivity contribution < 1.29 is 19.4 Å².